The predicted octanol–water partition coefficient (Wildman–Crippen LogP) is 5.26. The number of rotatable bonds is 6. The molecule has 0 radical (unpaired) electrons. The SMILES string of the molecule is CCOc1cccc(C(=O)Nc2cccc(Cl)c2N2CCN(C(=O)c3ccc(C)cc3)CC2)c1. The molecular formula is C27H28ClN3O3. The number of hydrogen-bond donors (Lipinski definition) is 1. The molecule has 6 nitrogen and oxygen atoms in total. The fourth-order valence-corrected chi connectivity index (χ4v) is 4.33. The standard InChI is InChI=1S/C27H28ClN3O3/c1-3-34-22-7-4-6-21(18-22)26(32)29-24-9-5-8-23(28)25(24)30-14-16-31(17-15-30)27(33)20-12-10-19(2)11-13-20/h4-13,18H,3,14-17H2,1-2H3,(H,29,32). The van der Waals surface area contributed by atoms with E-state index in [2.05, 4.69) is 10.2 Å². The van der Waals surface area contributed by atoms with Crippen LogP contribution in [-0.4, -0.2) is 49.5 Å². The van der Waals surface area contributed by atoms with Gasteiger partial charge in [-0.15, -0.1) is 0 Å². The molecule has 0 aromatic heterocycles. The molecule has 0 bridgehead atoms. The van der Waals surface area contributed by atoms with Gasteiger partial charge in [0.25, 0.3) is 11.8 Å². The molecule has 2 amide bonds. The number of amides is 2. The minimum absolute atomic E-state index is 0.0292. The zero-order chi connectivity index (χ0) is 24.1. The van der Waals surface area contributed by atoms with Gasteiger partial charge in [0.15, 0.2) is 0 Å². The number of hydrogen-bond acceptors (Lipinski definition) is 4. The zero-order valence-corrected chi connectivity index (χ0v) is 20.1. The molecule has 0 aliphatic carbocycles. The van der Waals surface area contributed by atoms with E-state index in [9.17, 15) is 9.59 Å². The first kappa shape index (κ1) is 23.6. The average Bonchev–Trinajstić information content (AvgIpc) is 2.85. The number of carbonyl (C=O) groups excluding carboxylic acids is 2. The number of piperazine rings is 1. The first-order chi connectivity index (χ1) is 16.5. The van der Waals surface area contributed by atoms with Gasteiger partial charge >= 0.3 is 0 Å². The van der Waals surface area contributed by atoms with Gasteiger partial charge in [0.05, 0.1) is 23.0 Å². The first-order valence-electron chi connectivity index (χ1n) is 11.4. The quantitative estimate of drug-likeness (QED) is 0.526. The molecule has 1 N–H and O–H groups in total. The maximum absolute atomic E-state index is 13.0. The molecule has 176 valence electrons. The van der Waals surface area contributed by atoms with Crippen molar-refractivity contribution in [2.75, 3.05) is 43.0 Å². The fourth-order valence-electron chi connectivity index (χ4n) is 4.04. The van der Waals surface area contributed by atoms with E-state index in [1.165, 1.54) is 0 Å². The van der Waals surface area contributed by atoms with Crippen LogP contribution in [0.25, 0.3) is 0 Å². The maximum Gasteiger partial charge on any atom is 0.255 e. The highest BCUT2D eigenvalue weighted by atomic mass is 35.5. The molecule has 34 heavy (non-hydrogen) atoms. The summed E-state index contributed by atoms with van der Waals surface area (Å²) in [5, 5.41) is 3.55. The largest absolute Gasteiger partial charge is 0.494 e. The van der Waals surface area contributed by atoms with Crippen molar-refractivity contribution in [2.45, 2.75) is 13.8 Å². The van der Waals surface area contributed by atoms with Gasteiger partial charge in [0.2, 0.25) is 0 Å². The molecule has 0 unspecified atom stereocenters. The molecule has 3 aromatic carbocycles. The van der Waals surface area contributed by atoms with Gasteiger partial charge in [-0.3, -0.25) is 9.59 Å². The number of aryl methyl sites for hydroxylation is 1. The monoisotopic (exact) mass is 477 g/mol. The summed E-state index contributed by atoms with van der Waals surface area (Å²) >= 11 is 6.57. The summed E-state index contributed by atoms with van der Waals surface area (Å²) in [5.41, 5.74) is 3.72. The zero-order valence-electron chi connectivity index (χ0n) is 19.4. The number of nitrogens with one attached hydrogen (secondary N) is 1. The molecule has 4 rings (SSSR count). The molecule has 1 aliphatic rings. The second-order valence-electron chi connectivity index (χ2n) is 8.20. The lowest BCUT2D eigenvalue weighted by molar-refractivity contribution is 0.0746. The molecule has 1 aliphatic heterocycles. The van der Waals surface area contributed by atoms with Crippen LogP contribution in [0.5, 0.6) is 5.75 Å². The van der Waals surface area contributed by atoms with Crippen LogP contribution in [0.4, 0.5) is 11.4 Å². The van der Waals surface area contributed by atoms with E-state index in [4.69, 9.17) is 16.3 Å². The Labute approximate surface area is 205 Å². The lowest BCUT2D eigenvalue weighted by Crippen LogP contribution is -2.49. The van der Waals surface area contributed by atoms with Crippen LogP contribution in [0.2, 0.25) is 5.02 Å². The summed E-state index contributed by atoms with van der Waals surface area (Å²) in [6, 6.07) is 20.2. The van der Waals surface area contributed by atoms with Crippen molar-refractivity contribution in [1.82, 2.24) is 4.90 Å². The molecule has 1 heterocycles. The third kappa shape index (κ3) is 5.34. The van der Waals surface area contributed by atoms with Crippen molar-refractivity contribution in [1.29, 1.82) is 0 Å². The highest BCUT2D eigenvalue weighted by molar-refractivity contribution is 6.34. The van der Waals surface area contributed by atoms with Crippen LogP contribution in [-0.2, 0) is 0 Å². The number of ether oxygens (including phenoxy) is 1. The second kappa shape index (κ2) is 10.6. The smallest absolute Gasteiger partial charge is 0.255 e. The van der Waals surface area contributed by atoms with E-state index >= 15 is 0 Å². The summed E-state index contributed by atoms with van der Waals surface area (Å²) in [4.78, 5) is 29.8. The van der Waals surface area contributed by atoms with Crippen LogP contribution in [0, 0.1) is 6.92 Å². The molecule has 1 fully saturated rings. The number of anilines is 2. The third-order valence-corrected chi connectivity index (χ3v) is 6.13. The normalized spacial score (nSPS) is 13.5. The van der Waals surface area contributed by atoms with Gasteiger partial charge < -0.3 is 19.9 Å². The van der Waals surface area contributed by atoms with Crippen molar-refractivity contribution in [3.05, 3.63) is 88.4 Å². The lowest BCUT2D eigenvalue weighted by atomic mass is 10.1. The van der Waals surface area contributed by atoms with E-state index in [0.717, 1.165) is 11.3 Å². The van der Waals surface area contributed by atoms with Crippen LogP contribution in [0.15, 0.2) is 66.7 Å². The first-order valence-corrected chi connectivity index (χ1v) is 11.8. The predicted molar refractivity (Wildman–Crippen MR) is 136 cm³/mol. The summed E-state index contributed by atoms with van der Waals surface area (Å²) in [6.07, 6.45) is 0. The number of halogens is 1. The Kier molecular flexibility index (Phi) is 7.38. The van der Waals surface area contributed by atoms with Gasteiger partial charge in [-0.1, -0.05) is 41.4 Å². The van der Waals surface area contributed by atoms with E-state index in [-0.39, 0.29) is 11.8 Å². The summed E-state index contributed by atoms with van der Waals surface area (Å²) < 4.78 is 5.51. The molecular weight excluding hydrogens is 450 g/mol. The van der Waals surface area contributed by atoms with Gasteiger partial charge in [0.1, 0.15) is 5.75 Å². The van der Waals surface area contributed by atoms with Crippen molar-refractivity contribution >= 4 is 34.8 Å². The number of nitrogens with zero attached hydrogens (tertiary/aromatic N) is 2. The minimum Gasteiger partial charge on any atom is -0.494 e. The molecule has 7 heteroatoms. The number of benzene rings is 3. The van der Waals surface area contributed by atoms with Crippen molar-refractivity contribution in [2.24, 2.45) is 0 Å². The summed E-state index contributed by atoms with van der Waals surface area (Å²) in [6.45, 7) is 6.81. The van der Waals surface area contributed by atoms with E-state index in [1.54, 1.807) is 18.2 Å². The Morgan fingerprint density at radius 1 is 0.941 bits per heavy atom. The van der Waals surface area contributed by atoms with Crippen LogP contribution < -0.4 is 15.0 Å². The second-order valence-corrected chi connectivity index (χ2v) is 8.60. The van der Waals surface area contributed by atoms with Crippen molar-refractivity contribution < 1.29 is 14.3 Å². The Bertz CT molecular complexity index is 1170. The molecule has 0 saturated carbocycles. The average molecular weight is 478 g/mol. The number of para-hydroxylation sites is 1. The van der Waals surface area contributed by atoms with E-state index in [1.807, 2.05) is 67.3 Å². The van der Waals surface area contributed by atoms with Crippen molar-refractivity contribution in [3.63, 3.8) is 0 Å². The molecule has 3 aromatic rings. The Morgan fingerprint density at radius 2 is 1.65 bits per heavy atom. The van der Waals surface area contributed by atoms with Gasteiger partial charge in [-0.25, -0.2) is 0 Å². The van der Waals surface area contributed by atoms with Gasteiger partial charge in [0, 0.05) is 37.3 Å². The van der Waals surface area contributed by atoms with Gasteiger partial charge in [-0.2, -0.15) is 0 Å². The maximum atomic E-state index is 13.0. The molecule has 0 spiro atoms. The molecule has 1 saturated heterocycles. The van der Waals surface area contributed by atoms with E-state index in [0.29, 0.717) is 60.4 Å². The third-order valence-electron chi connectivity index (χ3n) is 5.82. The Morgan fingerprint density at radius 3 is 2.35 bits per heavy atom. The molecule has 0 atom stereocenters. The van der Waals surface area contributed by atoms with Crippen molar-refractivity contribution in [3.8, 4) is 5.75 Å². The minimum atomic E-state index is -0.238. The fraction of sp³-hybridized carbons (Fsp3) is 0.259. The van der Waals surface area contributed by atoms with Crippen LogP contribution in [0.1, 0.15) is 33.2 Å². The van der Waals surface area contributed by atoms with Gasteiger partial charge in [-0.05, 0) is 56.3 Å². The number of carbonyl (C=O) groups is 2. The van der Waals surface area contributed by atoms with Crippen LogP contribution >= 0.6 is 11.6 Å². The Balaban J connectivity index is 1.47. The highest BCUT2D eigenvalue weighted by Crippen LogP contribution is 2.35. The topological polar surface area (TPSA) is 61.9 Å². The lowest BCUT2D eigenvalue weighted by Gasteiger charge is -2.37. The Hall–Kier alpha value is -3.51. The summed E-state index contributed by atoms with van der Waals surface area (Å²) in [7, 11) is 0. The van der Waals surface area contributed by atoms with Crippen LogP contribution in [0.3, 0.4) is 0 Å². The highest BCUT2D eigenvalue weighted by Gasteiger charge is 2.25. The van der Waals surface area contributed by atoms with E-state index < -0.39 is 0 Å². The summed E-state index contributed by atoms with van der Waals surface area (Å²) in [5.74, 6) is 0.440.